The van der Waals surface area contributed by atoms with Crippen molar-refractivity contribution in [3.63, 3.8) is 0 Å². The topological polar surface area (TPSA) is 3.24 Å². The Kier molecular flexibility index (Phi) is 5.25. The van der Waals surface area contributed by atoms with Crippen LogP contribution in [-0.4, -0.2) is 6.54 Å². The van der Waals surface area contributed by atoms with Crippen LogP contribution in [0.3, 0.4) is 0 Å². The normalized spacial score (nSPS) is 14.0. The fourth-order valence-corrected chi connectivity index (χ4v) is 4.45. The first-order valence-electron chi connectivity index (χ1n) is 9.02. The van der Waals surface area contributed by atoms with E-state index in [1.807, 2.05) is 22.5 Å². The summed E-state index contributed by atoms with van der Waals surface area (Å²) < 4.78 is 68.2. The summed E-state index contributed by atoms with van der Waals surface area (Å²) >= 11 is 1.23. The second-order valence-electron chi connectivity index (χ2n) is 6.82. The van der Waals surface area contributed by atoms with Gasteiger partial charge in [0.25, 0.3) is 0 Å². The van der Waals surface area contributed by atoms with Gasteiger partial charge in [-0.25, -0.2) is 8.78 Å². The molecule has 0 spiro atoms. The minimum atomic E-state index is -4.40. The van der Waals surface area contributed by atoms with Crippen molar-refractivity contribution in [2.75, 3.05) is 10.8 Å². The van der Waals surface area contributed by atoms with Crippen LogP contribution in [-0.2, 0) is 12.6 Å². The molecule has 0 aromatic heterocycles. The number of nitrogens with zero attached hydrogens (tertiary/aromatic N) is 1. The Balaban J connectivity index is 1.67. The van der Waals surface area contributed by atoms with E-state index in [9.17, 15) is 22.0 Å². The van der Waals surface area contributed by atoms with Crippen LogP contribution in [0.4, 0.5) is 27.6 Å². The Morgan fingerprint density at radius 3 is 2.31 bits per heavy atom. The van der Waals surface area contributed by atoms with Gasteiger partial charge in [0.1, 0.15) is 11.6 Å². The number of halogens is 5. The Hall–Kier alpha value is -2.54. The van der Waals surface area contributed by atoms with E-state index < -0.39 is 23.4 Å². The van der Waals surface area contributed by atoms with E-state index in [0.29, 0.717) is 22.6 Å². The van der Waals surface area contributed by atoms with Crippen LogP contribution in [0.2, 0.25) is 0 Å². The van der Waals surface area contributed by atoms with Gasteiger partial charge in [-0.2, -0.15) is 13.2 Å². The molecule has 0 aliphatic carbocycles. The van der Waals surface area contributed by atoms with Gasteiger partial charge in [-0.3, -0.25) is 0 Å². The molecule has 0 saturated heterocycles. The first kappa shape index (κ1) is 19.8. The van der Waals surface area contributed by atoms with Gasteiger partial charge in [-0.1, -0.05) is 18.2 Å². The van der Waals surface area contributed by atoms with E-state index in [0.717, 1.165) is 42.3 Å². The number of anilines is 1. The molecule has 0 unspecified atom stereocenters. The highest BCUT2D eigenvalue weighted by Gasteiger charge is 2.30. The van der Waals surface area contributed by atoms with Crippen LogP contribution < -0.4 is 4.31 Å². The minimum absolute atomic E-state index is 0.417. The van der Waals surface area contributed by atoms with Gasteiger partial charge in [0.05, 0.1) is 11.3 Å². The van der Waals surface area contributed by atoms with Gasteiger partial charge in [0.15, 0.2) is 0 Å². The number of hydrogen-bond acceptors (Lipinski definition) is 2. The van der Waals surface area contributed by atoms with E-state index in [1.54, 1.807) is 6.07 Å². The first-order chi connectivity index (χ1) is 13.8. The maximum Gasteiger partial charge on any atom is 0.416 e. The third kappa shape index (κ3) is 4.40. The lowest BCUT2D eigenvalue weighted by molar-refractivity contribution is -0.137. The molecule has 1 aliphatic rings. The highest BCUT2D eigenvalue weighted by atomic mass is 32.2. The molecule has 0 bridgehead atoms. The predicted molar refractivity (Wildman–Crippen MR) is 105 cm³/mol. The summed E-state index contributed by atoms with van der Waals surface area (Å²) in [7, 11) is 0. The number of hydrogen-bond donors (Lipinski definition) is 0. The molecule has 1 aliphatic heterocycles. The van der Waals surface area contributed by atoms with Gasteiger partial charge in [-0.15, -0.1) is 0 Å². The fraction of sp³-hybridized carbons (Fsp3) is 0.182. The van der Waals surface area contributed by atoms with Gasteiger partial charge in [0.2, 0.25) is 0 Å². The van der Waals surface area contributed by atoms with E-state index in [-0.39, 0.29) is 0 Å². The summed E-state index contributed by atoms with van der Waals surface area (Å²) in [5.41, 5.74) is 2.28. The highest BCUT2D eigenvalue weighted by Crippen LogP contribution is 2.39. The second-order valence-corrected chi connectivity index (χ2v) is 7.92. The monoisotopic (exact) mass is 421 g/mol. The summed E-state index contributed by atoms with van der Waals surface area (Å²) in [5.74, 6) is -1.32. The van der Waals surface area contributed by atoms with E-state index in [2.05, 4.69) is 0 Å². The lowest BCUT2D eigenvalue weighted by atomic mass is 9.98. The standard InChI is InChI=1S/C22H16F5NS/c23-18-9-16(10-19(24)13-18)15-7-6-14-3-2-8-28(21(14)11-15)29-20-5-1-4-17(12-20)22(25,26)27/h1,4-7,9-13H,2-3,8H2. The van der Waals surface area contributed by atoms with Crippen molar-refractivity contribution in [2.24, 2.45) is 0 Å². The molecule has 0 amide bonds. The molecule has 0 atom stereocenters. The maximum absolute atomic E-state index is 13.6. The Morgan fingerprint density at radius 1 is 0.828 bits per heavy atom. The van der Waals surface area contributed by atoms with Crippen LogP contribution in [0, 0.1) is 11.6 Å². The highest BCUT2D eigenvalue weighted by molar-refractivity contribution is 8.00. The summed E-state index contributed by atoms with van der Waals surface area (Å²) in [4.78, 5) is 0.481. The zero-order valence-electron chi connectivity index (χ0n) is 15.1. The summed E-state index contributed by atoms with van der Waals surface area (Å²) in [5, 5.41) is 0. The van der Waals surface area contributed by atoms with Crippen LogP contribution in [0.25, 0.3) is 11.1 Å². The molecule has 7 heteroatoms. The third-order valence-electron chi connectivity index (χ3n) is 4.73. The van der Waals surface area contributed by atoms with E-state index >= 15 is 0 Å². The van der Waals surface area contributed by atoms with Crippen molar-refractivity contribution < 1.29 is 22.0 Å². The van der Waals surface area contributed by atoms with Crippen molar-refractivity contribution in [2.45, 2.75) is 23.9 Å². The Labute approximate surface area is 169 Å². The van der Waals surface area contributed by atoms with Crippen LogP contribution >= 0.6 is 11.9 Å². The van der Waals surface area contributed by atoms with Gasteiger partial charge >= 0.3 is 6.18 Å². The van der Waals surface area contributed by atoms with Crippen molar-refractivity contribution in [3.8, 4) is 11.1 Å². The van der Waals surface area contributed by atoms with Gasteiger partial charge < -0.3 is 4.31 Å². The number of aryl methyl sites for hydroxylation is 1. The molecule has 0 fully saturated rings. The third-order valence-corrected chi connectivity index (χ3v) is 5.80. The predicted octanol–water partition coefficient (Wildman–Crippen LogP) is 7.11. The number of alkyl halides is 3. The van der Waals surface area contributed by atoms with Crippen molar-refractivity contribution in [3.05, 3.63) is 83.4 Å². The molecular weight excluding hydrogens is 405 g/mol. The second kappa shape index (κ2) is 7.71. The molecule has 3 aromatic rings. The molecule has 3 aromatic carbocycles. The van der Waals surface area contributed by atoms with Crippen LogP contribution in [0.1, 0.15) is 17.5 Å². The number of benzene rings is 3. The quantitative estimate of drug-likeness (QED) is 0.327. The molecule has 1 nitrogen and oxygen atoms in total. The largest absolute Gasteiger partial charge is 0.416 e. The van der Waals surface area contributed by atoms with Gasteiger partial charge in [0, 0.05) is 17.5 Å². The Morgan fingerprint density at radius 2 is 1.59 bits per heavy atom. The molecule has 0 N–H and O–H groups in total. The van der Waals surface area contributed by atoms with Crippen molar-refractivity contribution in [1.29, 1.82) is 0 Å². The maximum atomic E-state index is 13.6. The van der Waals surface area contributed by atoms with E-state index in [4.69, 9.17) is 0 Å². The lowest BCUT2D eigenvalue weighted by Crippen LogP contribution is -2.22. The number of rotatable bonds is 3. The average molecular weight is 421 g/mol. The zero-order valence-corrected chi connectivity index (χ0v) is 16.0. The molecule has 0 saturated carbocycles. The van der Waals surface area contributed by atoms with Gasteiger partial charge in [-0.05, 0) is 77.9 Å². The molecule has 1 heterocycles. The average Bonchev–Trinajstić information content (AvgIpc) is 2.67. The van der Waals surface area contributed by atoms with Crippen LogP contribution in [0.5, 0.6) is 0 Å². The Bertz CT molecular complexity index is 1030. The molecule has 0 radical (unpaired) electrons. The van der Waals surface area contributed by atoms with Crippen LogP contribution in [0.15, 0.2) is 65.6 Å². The zero-order chi connectivity index (χ0) is 20.6. The van der Waals surface area contributed by atoms with Crippen molar-refractivity contribution in [1.82, 2.24) is 0 Å². The molecular formula is C22H16F5NS. The number of fused-ring (bicyclic) bond motifs is 1. The fourth-order valence-electron chi connectivity index (χ4n) is 3.39. The molecule has 150 valence electrons. The summed E-state index contributed by atoms with van der Waals surface area (Å²) in [6, 6.07) is 14.1. The smallest absolute Gasteiger partial charge is 0.312 e. The first-order valence-corrected chi connectivity index (χ1v) is 9.79. The summed E-state index contributed by atoms with van der Waals surface area (Å²) in [6.45, 7) is 0.662. The molecule has 4 rings (SSSR count). The lowest BCUT2D eigenvalue weighted by Gasteiger charge is -2.30. The SMILES string of the molecule is Fc1cc(F)cc(-c2ccc3c(c2)N(Sc2cccc(C(F)(F)F)c2)CCC3)c1. The minimum Gasteiger partial charge on any atom is -0.312 e. The molecule has 29 heavy (non-hydrogen) atoms. The van der Waals surface area contributed by atoms with Crippen molar-refractivity contribution >= 4 is 17.6 Å². The van der Waals surface area contributed by atoms with E-state index in [1.165, 1.54) is 30.1 Å². The summed E-state index contributed by atoms with van der Waals surface area (Å²) in [6.07, 6.45) is -2.69.